The van der Waals surface area contributed by atoms with Gasteiger partial charge in [-0.2, -0.15) is 0 Å². The quantitative estimate of drug-likeness (QED) is 0.427. The van der Waals surface area contributed by atoms with Crippen LogP contribution in [0.2, 0.25) is 5.02 Å². The molecule has 14 heteroatoms. The van der Waals surface area contributed by atoms with E-state index < -0.39 is 23.8 Å². The highest BCUT2D eigenvalue weighted by Gasteiger charge is 2.41. The van der Waals surface area contributed by atoms with Gasteiger partial charge in [0.25, 0.3) is 0 Å². The number of benzene rings is 1. The van der Waals surface area contributed by atoms with Gasteiger partial charge in [0.1, 0.15) is 11.9 Å². The molecular formula is C26H28ClFN6O5S. The molecule has 0 saturated carbocycles. The summed E-state index contributed by atoms with van der Waals surface area (Å²) < 4.78 is 19.0. The topological polar surface area (TPSA) is 128 Å². The number of carboxylic acids is 1. The molecule has 2 aromatic rings. The van der Waals surface area contributed by atoms with Crippen molar-refractivity contribution in [1.29, 1.82) is 0 Å². The second kappa shape index (κ2) is 11.9. The number of amides is 2. The molecule has 40 heavy (non-hydrogen) atoms. The Bertz CT molecular complexity index is 1370. The Kier molecular flexibility index (Phi) is 8.33. The number of carbonyl (C=O) groups excluding carboxylic acids is 2. The Morgan fingerprint density at radius 2 is 2.12 bits per heavy atom. The molecular weight excluding hydrogens is 563 g/mol. The van der Waals surface area contributed by atoms with E-state index in [1.165, 1.54) is 36.6 Å². The summed E-state index contributed by atoms with van der Waals surface area (Å²) in [6.07, 6.45) is 2.07. The van der Waals surface area contributed by atoms with Crippen molar-refractivity contribution in [1.82, 2.24) is 25.0 Å². The third-order valence-electron chi connectivity index (χ3n) is 7.14. The summed E-state index contributed by atoms with van der Waals surface area (Å²) in [7, 11) is 1.29. The van der Waals surface area contributed by atoms with E-state index in [1.807, 2.05) is 10.3 Å². The minimum atomic E-state index is -0.883. The fourth-order valence-electron chi connectivity index (χ4n) is 5.29. The molecule has 2 atom stereocenters. The van der Waals surface area contributed by atoms with Gasteiger partial charge in [0.2, 0.25) is 0 Å². The molecule has 2 fully saturated rings. The van der Waals surface area contributed by atoms with Crippen LogP contribution in [0.4, 0.5) is 9.18 Å². The van der Waals surface area contributed by atoms with Crippen LogP contribution in [0.1, 0.15) is 29.5 Å². The predicted molar refractivity (Wildman–Crippen MR) is 146 cm³/mol. The summed E-state index contributed by atoms with van der Waals surface area (Å²) in [5, 5.41) is 14.8. The molecule has 2 amide bonds. The molecule has 2 N–H and O–H groups in total. The van der Waals surface area contributed by atoms with Crippen LogP contribution in [0, 0.1) is 5.82 Å². The third-order valence-corrected chi connectivity index (χ3v) is 8.25. The molecule has 2 unspecified atom stereocenters. The molecule has 3 aliphatic rings. The van der Waals surface area contributed by atoms with Crippen LogP contribution in [-0.2, 0) is 14.3 Å². The summed E-state index contributed by atoms with van der Waals surface area (Å²) >= 11 is 7.81. The van der Waals surface area contributed by atoms with Gasteiger partial charge in [0.15, 0.2) is 10.8 Å². The standard InChI is InChI=1S/C26H28ClFN6O5S/c1-39-25(37)21-19(14-32-8-9-34-16(12-32)13-33(26(34)38)7-2-3-20(35)36)30-23(24-29-6-10-40-24)31-22(21)17-5-4-15(28)11-18(17)27/h4-6,10-11,16,22H,2-3,7-9,12-14H2,1H3,(H,30,31)(H,35,36). The predicted octanol–water partition coefficient (Wildman–Crippen LogP) is 2.74. The fourth-order valence-corrected chi connectivity index (χ4v) is 6.14. The van der Waals surface area contributed by atoms with Crippen LogP contribution >= 0.6 is 22.9 Å². The average Bonchev–Trinajstić information content (AvgIpc) is 3.56. The van der Waals surface area contributed by atoms with Gasteiger partial charge in [-0.05, 0) is 18.6 Å². The Morgan fingerprint density at radius 3 is 2.83 bits per heavy atom. The van der Waals surface area contributed by atoms with Crippen molar-refractivity contribution in [2.75, 3.05) is 46.4 Å². The first-order chi connectivity index (χ1) is 19.2. The zero-order chi connectivity index (χ0) is 28.4. The Hall–Kier alpha value is -3.55. The van der Waals surface area contributed by atoms with Gasteiger partial charge < -0.3 is 25.0 Å². The second-order valence-corrected chi connectivity index (χ2v) is 11.0. The van der Waals surface area contributed by atoms with E-state index in [-0.39, 0.29) is 29.1 Å². The number of halogens is 2. The Balaban J connectivity index is 1.41. The molecule has 3 aliphatic heterocycles. The average molecular weight is 591 g/mol. The Morgan fingerprint density at radius 1 is 1.30 bits per heavy atom. The van der Waals surface area contributed by atoms with Crippen LogP contribution in [0.5, 0.6) is 0 Å². The number of carbonyl (C=O) groups is 3. The lowest BCUT2D eigenvalue weighted by atomic mass is 9.95. The van der Waals surface area contributed by atoms with Crippen molar-refractivity contribution < 1.29 is 28.6 Å². The number of nitrogens with zero attached hydrogens (tertiary/aromatic N) is 5. The molecule has 0 radical (unpaired) electrons. The van der Waals surface area contributed by atoms with Crippen molar-refractivity contribution in [2.24, 2.45) is 4.99 Å². The summed E-state index contributed by atoms with van der Waals surface area (Å²) in [4.78, 5) is 51.7. The summed E-state index contributed by atoms with van der Waals surface area (Å²) in [6.45, 7) is 2.86. The SMILES string of the molecule is COC(=O)C1=C(CN2CCN3C(=O)N(CCCC(=O)O)CC3C2)NC(c2nccs2)=NC1c1ccc(F)cc1Cl. The molecule has 11 nitrogen and oxygen atoms in total. The first-order valence-electron chi connectivity index (χ1n) is 12.8. The van der Waals surface area contributed by atoms with Crippen LogP contribution in [-0.4, -0.2) is 101 Å². The van der Waals surface area contributed by atoms with Gasteiger partial charge in [0, 0.05) is 73.5 Å². The summed E-state index contributed by atoms with van der Waals surface area (Å²) in [5.74, 6) is -1.51. The van der Waals surface area contributed by atoms with Crippen molar-refractivity contribution in [3.05, 3.63) is 62.5 Å². The molecule has 2 saturated heterocycles. The lowest BCUT2D eigenvalue weighted by Gasteiger charge is -2.38. The molecule has 1 aromatic carbocycles. The number of hydrogen-bond donors (Lipinski definition) is 2. The first-order valence-corrected chi connectivity index (χ1v) is 14.0. The molecule has 0 bridgehead atoms. The highest BCUT2D eigenvalue weighted by atomic mass is 35.5. The number of carboxylic acid groups (broad SMARTS) is 1. The number of amidine groups is 1. The molecule has 0 spiro atoms. The number of thiazole rings is 1. The maximum atomic E-state index is 13.9. The van der Waals surface area contributed by atoms with E-state index >= 15 is 0 Å². The van der Waals surface area contributed by atoms with E-state index in [0.717, 1.165) is 0 Å². The van der Waals surface area contributed by atoms with Gasteiger partial charge in [-0.15, -0.1) is 11.3 Å². The van der Waals surface area contributed by atoms with Crippen LogP contribution < -0.4 is 5.32 Å². The number of hydrogen-bond acceptors (Lipinski definition) is 9. The van der Waals surface area contributed by atoms with Crippen molar-refractivity contribution >= 4 is 46.7 Å². The van der Waals surface area contributed by atoms with Crippen molar-refractivity contribution in [2.45, 2.75) is 24.9 Å². The van der Waals surface area contributed by atoms with Gasteiger partial charge in [0.05, 0.1) is 18.7 Å². The maximum absolute atomic E-state index is 13.9. The number of aliphatic carboxylic acids is 1. The number of nitrogens with one attached hydrogen (secondary N) is 1. The maximum Gasteiger partial charge on any atom is 0.338 e. The highest BCUT2D eigenvalue weighted by molar-refractivity contribution is 7.11. The number of piperazine rings is 1. The molecule has 0 aliphatic carbocycles. The number of fused-ring (bicyclic) bond motifs is 1. The monoisotopic (exact) mass is 590 g/mol. The molecule has 1 aromatic heterocycles. The highest BCUT2D eigenvalue weighted by Crippen LogP contribution is 2.37. The number of ether oxygens (including phenoxy) is 1. The molecule has 5 rings (SSSR count). The van der Waals surface area contributed by atoms with Crippen LogP contribution in [0.15, 0.2) is 46.0 Å². The van der Waals surface area contributed by atoms with E-state index in [9.17, 15) is 18.8 Å². The lowest BCUT2D eigenvalue weighted by molar-refractivity contribution is -0.137. The van der Waals surface area contributed by atoms with Gasteiger partial charge >= 0.3 is 18.0 Å². The molecule has 4 heterocycles. The normalized spacial score (nSPS) is 21.3. The van der Waals surface area contributed by atoms with Crippen molar-refractivity contribution in [3.63, 3.8) is 0 Å². The smallest absolute Gasteiger partial charge is 0.338 e. The number of esters is 1. The van der Waals surface area contributed by atoms with Gasteiger partial charge in [-0.3, -0.25) is 14.7 Å². The first kappa shape index (κ1) is 28.0. The number of rotatable bonds is 9. The third kappa shape index (κ3) is 5.81. The zero-order valence-corrected chi connectivity index (χ0v) is 23.3. The van der Waals surface area contributed by atoms with E-state index in [1.54, 1.807) is 11.1 Å². The summed E-state index contributed by atoms with van der Waals surface area (Å²) in [6, 6.07) is 2.98. The van der Waals surface area contributed by atoms with Crippen LogP contribution in [0.3, 0.4) is 0 Å². The summed E-state index contributed by atoms with van der Waals surface area (Å²) in [5.41, 5.74) is 1.28. The van der Waals surface area contributed by atoms with Gasteiger partial charge in [-0.1, -0.05) is 17.7 Å². The van der Waals surface area contributed by atoms with Gasteiger partial charge in [-0.25, -0.2) is 19.0 Å². The zero-order valence-electron chi connectivity index (χ0n) is 21.7. The lowest BCUT2D eigenvalue weighted by Crippen LogP contribution is -2.53. The number of aliphatic imine (C=N–C) groups is 1. The van der Waals surface area contributed by atoms with E-state index in [2.05, 4.69) is 15.2 Å². The van der Waals surface area contributed by atoms with Crippen LogP contribution in [0.25, 0.3) is 0 Å². The number of aromatic nitrogens is 1. The largest absolute Gasteiger partial charge is 0.481 e. The Labute approximate surface area is 238 Å². The fraction of sp³-hybridized carbons (Fsp3) is 0.423. The minimum Gasteiger partial charge on any atom is -0.481 e. The molecule has 212 valence electrons. The number of methoxy groups -OCH3 is 1. The number of urea groups is 1. The minimum absolute atomic E-state index is 0.0128. The second-order valence-electron chi connectivity index (χ2n) is 9.70. The van der Waals surface area contributed by atoms with E-state index in [0.29, 0.717) is 67.8 Å². The van der Waals surface area contributed by atoms with E-state index in [4.69, 9.17) is 26.4 Å². The van der Waals surface area contributed by atoms with Crippen molar-refractivity contribution in [3.8, 4) is 0 Å².